The van der Waals surface area contributed by atoms with E-state index in [2.05, 4.69) is 27.0 Å². The summed E-state index contributed by atoms with van der Waals surface area (Å²) in [6.45, 7) is 5.34. The molecule has 3 N–H and O–H groups in total. The molecule has 2 aromatic rings. The normalized spacial score (nSPS) is 18.5. The van der Waals surface area contributed by atoms with E-state index >= 15 is 0 Å². The molecule has 0 saturated carbocycles. The van der Waals surface area contributed by atoms with Crippen molar-refractivity contribution in [1.29, 1.82) is 0 Å². The molecule has 1 fully saturated rings. The van der Waals surface area contributed by atoms with Crippen LogP contribution in [0.5, 0.6) is 0 Å². The van der Waals surface area contributed by atoms with E-state index in [-0.39, 0.29) is 41.2 Å². The summed E-state index contributed by atoms with van der Waals surface area (Å²) >= 11 is 6.55. The zero-order valence-electron chi connectivity index (χ0n) is 23.1. The number of morpholine rings is 1. The summed E-state index contributed by atoms with van der Waals surface area (Å²) < 4.78 is 50.0. The topological polar surface area (TPSA) is 135 Å². The van der Waals surface area contributed by atoms with Crippen molar-refractivity contribution in [3.05, 3.63) is 76.3 Å². The van der Waals surface area contributed by atoms with Gasteiger partial charge in [0.1, 0.15) is 22.5 Å². The summed E-state index contributed by atoms with van der Waals surface area (Å²) in [7, 11) is 1.53. The molecule has 11 nitrogen and oxygen atoms in total. The number of aliphatic imine (C=N–C) groups is 2. The summed E-state index contributed by atoms with van der Waals surface area (Å²) in [5.41, 5.74) is 6.66. The van der Waals surface area contributed by atoms with Crippen LogP contribution in [0.4, 0.5) is 19.0 Å². The first-order valence-electron chi connectivity index (χ1n) is 13.0. The van der Waals surface area contributed by atoms with Gasteiger partial charge < -0.3 is 30.3 Å². The van der Waals surface area contributed by atoms with Gasteiger partial charge in [-0.05, 0) is 31.0 Å². The number of rotatable bonds is 9. The number of aromatic nitrogens is 1. The van der Waals surface area contributed by atoms with Crippen LogP contribution in [0.15, 0.2) is 69.6 Å². The number of halogens is 4. The Labute approximate surface area is 250 Å². The van der Waals surface area contributed by atoms with E-state index in [1.807, 2.05) is 0 Å². The number of anilines is 1. The van der Waals surface area contributed by atoms with Crippen LogP contribution in [0.2, 0.25) is 0 Å². The minimum atomic E-state index is -4.58. The van der Waals surface area contributed by atoms with Crippen molar-refractivity contribution in [3.8, 4) is 0 Å². The number of carbonyl (C=O) groups excluding carboxylic acids is 2. The molecule has 0 spiro atoms. The van der Waals surface area contributed by atoms with Crippen molar-refractivity contribution >= 4 is 47.5 Å². The monoisotopic (exact) mass is 619 g/mol. The predicted octanol–water partition coefficient (Wildman–Crippen LogP) is 3.70. The molecule has 43 heavy (non-hydrogen) atoms. The van der Waals surface area contributed by atoms with E-state index in [1.54, 1.807) is 21.9 Å². The van der Waals surface area contributed by atoms with Crippen molar-refractivity contribution in [1.82, 2.24) is 14.8 Å². The van der Waals surface area contributed by atoms with Gasteiger partial charge in [-0.15, -0.1) is 0 Å². The fraction of sp³-hybridized carbons (Fsp3) is 0.321. The van der Waals surface area contributed by atoms with Crippen molar-refractivity contribution in [2.24, 2.45) is 15.7 Å². The van der Waals surface area contributed by atoms with Crippen molar-refractivity contribution < 1.29 is 32.2 Å². The molecule has 1 unspecified atom stereocenters. The van der Waals surface area contributed by atoms with Crippen LogP contribution < -0.4 is 11.1 Å². The van der Waals surface area contributed by atoms with E-state index in [0.717, 1.165) is 18.3 Å². The summed E-state index contributed by atoms with van der Waals surface area (Å²) in [6.07, 6.45) is -2.38. The number of ether oxygens (including phenoxy) is 2. The SMILES string of the molecule is C=N/C(=C1/C(N)=NC=C(Cl)N1CC1CN(C(=O)CCOC)CCO1)c1ccc(C(=O)Nc2cc(C(F)(F)F)ccn2)cc1. The zero-order valence-corrected chi connectivity index (χ0v) is 23.9. The minimum Gasteiger partial charge on any atom is -0.384 e. The lowest BCUT2D eigenvalue weighted by atomic mass is 10.1. The highest BCUT2D eigenvalue weighted by Crippen LogP contribution is 2.32. The van der Waals surface area contributed by atoms with Gasteiger partial charge in [0.2, 0.25) is 5.91 Å². The Balaban J connectivity index is 1.55. The Morgan fingerprint density at radius 2 is 1.98 bits per heavy atom. The van der Waals surface area contributed by atoms with Crippen LogP contribution >= 0.6 is 11.6 Å². The lowest BCUT2D eigenvalue weighted by Gasteiger charge is -2.37. The number of amidine groups is 1. The number of pyridine rings is 1. The van der Waals surface area contributed by atoms with E-state index in [0.29, 0.717) is 43.3 Å². The molecule has 15 heteroatoms. The number of amides is 2. The third-order valence-electron chi connectivity index (χ3n) is 6.61. The molecule has 1 aromatic heterocycles. The molecular formula is C28H29ClF3N7O4. The van der Waals surface area contributed by atoms with E-state index in [4.69, 9.17) is 26.8 Å². The summed E-state index contributed by atoms with van der Waals surface area (Å²) in [5, 5.41) is 2.60. The third kappa shape index (κ3) is 7.77. The average Bonchev–Trinajstić information content (AvgIpc) is 2.99. The standard InChI is InChI=1S/C28H29ClF3N7O4/c1-34-24(17-3-5-18(6-4-17)27(41)37-22-13-19(7-9-35-22)28(30,31)32)25-26(33)36-14-21(29)39(25)16-20-15-38(10-12-43-20)23(40)8-11-42-2/h3-7,9,13-14,20H,1,8,10-12,15-16H2,2H3,(H2,33,36)(H,35,37,41)/b25-24-. The first-order valence-corrected chi connectivity index (χ1v) is 13.4. The van der Waals surface area contributed by atoms with Crippen molar-refractivity contribution in [3.63, 3.8) is 0 Å². The number of hydrogen-bond donors (Lipinski definition) is 2. The number of alkyl halides is 3. The summed E-state index contributed by atoms with van der Waals surface area (Å²) in [6, 6.07) is 7.66. The molecule has 0 radical (unpaired) electrons. The molecule has 3 heterocycles. The molecule has 0 aliphatic carbocycles. The van der Waals surface area contributed by atoms with Crippen LogP contribution in [0, 0.1) is 0 Å². The molecular weight excluding hydrogens is 591 g/mol. The van der Waals surface area contributed by atoms with Gasteiger partial charge in [0.05, 0.1) is 49.7 Å². The summed E-state index contributed by atoms with van der Waals surface area (Å²) in [5.74, 6) is -0.849. The van der Waals surface area contributed by atoms with Gasteiger partial charge in [0, 0.05) is 37.5 Å². The van der Waals surface area contributed by atoms with Crippen LogP contribution in [0.1, 0.15) is 27.9 Å². The number of benzene rings is 1. The molecule has 1 aromatic carbocycles. The van der Waals surface area contributed by atoms with Gasteiger partial charge in [-0.2, -0.15) is 13.2 Å². The number of methoxy groups -OCH3 is 1. The van der Waals surface area contributed by atoms with E-state index < -0.39 is 23.8 Å². The Bertz CT molecular complexity index is 1460. The molecule has 4 rings (SSSR count). The first-order chi connectivity index (χ1) is 20.5. The largest absolute Gasteiger partial charge is 0.416 e. The third-order valence-corrected chi connectivity index (χ3v) is 6.91. The van der Waals surface area contributed by atoms with Gasteiger partial charge in [0.15, 0.2) is 0 Å². The Kier molecular flexibility index (Phi) is 10.2. The van der Waals surface area contributed by atoms with Crippen molar-refractivity contribution in [2.75, 3.05) is 45.3 Å². The number of nitrogens with one attached hydrogen (secondary N) is 1. The maximum absolute atomic E-state index is 13.0. The minimum absolute atomic E-state index is 0.0475. The van der Waals surface area contributed by atoms with Gasteiger partial charge in [-0.1, -0.05) is 23.7 Å². The first kappa shape index (κ1) is 31.7. The average molecular weight is 620 g/mol. The van der Waals surface area contributed by atoms with E-state index in [1.165, 1.54) is 25.4 Å². The lowest BCUT2D eigenvalue weighted by Crippen LogP contribution is -2.50. The van der Waals surface area contributed by atoms with Crippen LogP contribution in [0.25, 0.3) is 5.70 Å². The van der Waals surface area contributed by atoms with Gasteiger partial charge in [0.25, 0.3) is 5.91 Å². The Morgan fingerprint density at radius 3 is 2.65 bits per heavy atom. The van der Waals surface area contributed by atoms with E-state index in [9.17, 15) is 22.8 Å². The van der Waals surface area contributed by atoms with Crippen LogP contribution in [0.3, 0.4) is 0 Å². The maximum atomic E-state index is 13.0. The second kappa shape index (κ2) is 13.8. The van der Waals surface area contributed by atoms with Crippen LogP contribution in [-0.4, -0.2) is 85.2 Å². The molecule has 2 aliphatic heterocycles. The predicted molar refractivity (Wildman–Crippen MR) is 155 cm³/mol. The highest BCUT2D eigenvalue weighted by atomic mass is 35.5. The molecule has 1 atom stereocenters. The molecule has 2 aliphatic rings. The maximum Gasteiger partial charge on any atom is 0.416 e. The Morgan fingerprint density at radius 1 is 1.26 bits per heavy atom. The molecule has 228 valence electrons. The smallest absolute Gasteiger partial charge is 0.384 e. The number of carbonyl (C=O) groups is 2. The number of nitrogens with zero attached hydrogens (tertiary/aromatic N) is 5. The fourth-order valence-electron chi connectivity index (χ4n) is 4.48. The van der Waals surface area contributed by atoms with Gasteiger partial charge >= 0.3 is 6.18 Å². The number of nitrogens with two attached hydrogens (primary N) is 1. The van der Waals surface area contributed by atoms with Gasteiger partial charge in [-0.3, -0.25) is 14.6 Å². The molecule has 0 bridgehead atoms. The highest BCUT2D eigenvalue weighted by Gasteiger charge is 2.32. The highest BCUT2D eigenvalue weighted by molar-refractivity contribution is 6.30. The van der Waals surface area contributed by atoms with Crippen molar-refractivity contribution in [2.45, 2.75) is 18.7 Å². The van der Waals surface area contributed by atoms with Crippen LogP contribution in [-0.2, 0) is 20.4 Å². The Hall–Kier alpha value is -4.27. The molecule has 1 saturated heterocycles. The second-order valence-corrected chi connectivity index (χ2v) is 9.85. The summed E-state index contributed by atoms with van der Waals surface area (Å²) in [4.78, 5) is 40.8. The second-order valence-electron chi connectivity index (χ2n) is 9.47. The lowest BCUT2D eigenvalue weighted by molar-refractivity contribution is -0.140. The molecule has 2 amide bonds. The fourth-order valence-corrected chi connectivity index (χ4v) is 4.68. The van der Waals surface area contributed by atoms with Gasteiger partial charge in [-0.25, -0.2) is 9.98 Å². The number of hydrogen-bond acceptors (Lipinski definition) is 9. The quantitative estimate of drug-likeness (QED) is 0.323. The zero-order chi connectivity index (χ0) is 31.1.